The normalized spacial score (nSPS) is 12.4. The molecule has 0 aliphatic rings. The summed E-state index contributed by atoms with van der Waals surface area (Å²) >= 11 is -6.55. The van der Waals surface area contributed by atoms with Crippen molar-refractivity contribution in [3.8, 4) is 28.0 Å². The fourth-order valence-electron chi connectivity index (χ4n) is 0.265. The Morgan fingerprint density at radius 1 is 0.500 bits per heavy atom. The van der Waals surface area contributed by atoms with E-state index in [4.69, 9.17) is 31.6 Å². The van der Waals surface area contributed by atoms with Crippen molar-refractivity contribution in [3.63, 3.8) is 0 Å². The third kappa shape index (κ3) is 1.35. The van der Waals surface area contributed by atoms with Crippen molar-refractivity contribution in [2.24, 2.45) is 0 Å². The molecular formula is C6BaN6Ru. The van der Waals surface area contributed by atoms with Gasteiger partial charge >= 0.3 is 121 Å². The van der Waals surface area contributed by atoms with Crippen LogP contribution in [-0.4, -0.2) is 48.9 Å². The molecule has 0 spiro atoms. The van der Waals surface area contributed by atoms with Crippen molar-refractivity contribution in [2.45, 2.75) is 0 Å². The molecule has 0 aliphatic carbocycles. The van der Waals surface area contributed by atoms with E-state index in [1.165, 1.54) is 0 Å². The Balaban J connectivity index is 0. The van der Waals surface area contributed by atoms with Crippen LogP contribution in [0.1, 0.15) is 0 Å². The summed E-state index contributed by atoms with van der Waals surface area (Å²) in [6.07, 6.45) is 0. The molecular weight excluding hydrogens is 395 g/mol. The van der Waals surface area contributed by atoms with Crippen LogP contribution >= 0.6 is 0 Å². The first-order valence-electron chi connectivity index (χ1n) is 2.40. The number of nitrogens with zero attached hydrogens (tertiary/aromatic N) is 6. The quantitative estimate of drug-likeness (QED) is 0.517. The van der Waals surface area contributed by atoms with Gasteiger partial charge in [-0.2, -0.15) is 0 Å². The summed E-state index contributed by atoms with van der Waals surface area (Å²) in [5.74, 6) is 0. The van der Waals surface area contributed by atoms with Crippen molar-refractivity contribution >= 4 is 48.9 Å². The third-order valence-corrected chi connectivity index (χ3v) is 7.02. The van der Waals surface area contributed by atoms with Gasteiger partial charge in [0.25, 0.3) is 0 Å². The van der Waals surface area contributed by atoms with Crippen LogP contribution in [0.4, 0.5) is 0 Å². The maximum absolute atomic E-state index is 8.59. The van der Waals surface area contributed by atoms with E-state index in [9.17, 15) is 0 Å². The molecule has 0 rings (SSSR count). The molecule has 0 aromatic heterocycles. The molecule has 0 aromatic carbocycles. The third-order valence-electron chi connectivity index (χ3n) is 1.19. The molecule has 0 heterocycles. The first-order valence-corrected chi connectivity index (χ1v) is 7.62. The maximum atomic E-state index is 8.59. The van der Waals surface area contributed by atoms with Crippen molar-refractivity contribution in [3.05, 3.63) is 0 Å². The number of rotatable bonds is 0. The van der Waals surface area contributed by atoms with E-state index in [0.717, 1.165) is 28.0 Å². The van der Waals surface area contributed by atoms with Crippen molar-refractivity contribution in [1.29, 1.82) is 31.6 Å². The molecule has 0 amide bonds. The van der Waals surface area contributed by atoms with Gasteiger partial charge in [0, 0.05) is 0 Å². The molecule has 0 aliphatic heterocycles. The largest absolute Gasteiger partial charge is 2.00 e. The van der Waals surface area contributed by atoms with E-state index in [-0.39, 0.29) is 48.9 Å². The summed E-state index contributed by atoms with van der Waals surface area (Å²) in [5, 5.41) is 51.6. The summed E-state index contributed by atoms with van der Waals surface area (Å²) < 4.78 is 6.37. The minimum absolute atomic E-state index is 0. The van der Waals surface area contributed by atoms with Crippen LogP contribution in [0.3, 0.4) is 0 Å². The summed E-state index contributed by atoms with van der Waals surface area (Å²) in [5.41, 5.74) is 0. The number of hydrogen-bond donors (Lipinski definition) is 0. The standard InChI is InChI=1S/6CN.Ba.Ru/c6*1-2;;/q;;;;;;+2;-2. The second kappa shape index (κ2) is 3.71. The Labute approximate surface area is 119 Å². The molecule has 0 radical (unpaired) electrons. The zero-order valence-corrected chi connectivity index (χ0v) is 12.9. The molecule has 14 heavy (non-hydrogen) atoms. The van der Waals surface area contributed by atoms with Gasteiger partial charge in [0.1, 0.15) is 0 Å². The summed E-state index contributed by atoms with van der Waals surface area (Å²) in [6.45, 7) is 0. The first kappa shape index (κ1) is 15.6. The summed E-state index contributed by atoms with van der Waals surface area (Å²) in [4.78, 5) is 0. The van der Waals surface area contributed by atoms with E-state index in [1.807, 2.05) is 0 Å². The average Bonchev–Trinajstić information content (AvgIpc) is 2.26. The second-order valence-electron chi connectivity index (χ2n) is 1.80. The van der Waals surface area contributed by atoms with E-state index in [0.29, 0.717) is 0 Å². The smallest absolute Gasteiger partial charge is 2.00 e. The number of nitriles is 6. The molecule has 0 aromatic rings. The molecule has 0 N–H and O–H groups in total. The molecule has 6 nitrogen and oxygen atoms in total. The second-order valence-corrected chi connectivity index (χ2v) is 10.6. The van der Waals surface area contributed by atoms with Gasteiger partial charge in [-0.3, -0.25) is 0 Å². The maximum Gasteiger partial charge on any atom is 2.00 e. The fourth-order valence-corrected chi connectivity index (χ4v) is 1.57. The van der Waals surface area contributed by atoms with Crippen molar-refractivity contribution < 1.29 is 12.4 Å². The van der Waals surface area contributed by atoms with E-state index in [2.05, 4.69) is 0 Å². The van der Waals surface area contributed by atoms with Crippen molar-refractivity contribution in [2.75, 3.05) is 0 Å². The van der Waals surface area contributed by atoms with Gasteiger partial charge in [0.05, 0.1) is 0 Å². The minimum atomic E-state index is -6.55. The zero-order chi connectivity index (χ0) is 10.7. The SMILES string of the molecule is N#[C][Ru-2]([C]#N)([C]#N)([C]#N)([C]#N)[C]#N.[Ba+2]. The summed E-state index contributed by atoms with van der Waals surface area (Å²) in [7, 11) is 0. The van der Waals surface area contributed by atoms with Gasteiger partial charge in [0.15, 0.2) is 0 Å². The van der Waals surface area contributed by atoms with E-state index in [1.54, 1.807) is 0 Å². The topological polar surface area (TPSA) is 143 Å². The van der Waals surface area contributed by atoms with E-state index >= 15 is 0 Å². The van der Waals surface area contributed by atoms with Crippen LogP contribution in [0.2, 0.25) is 0 Å². The first-order chi connectivity index (χ1) is 5.97. The Hall–Kier alpha value is -0.865. The predicted octanol–water partition coefficient (Wildman–Crippen LogP) is -0.283. The van der Waals surface area contributed by atoms with Crippen LogP contribution in [-0.2, 0) is 12.4 Å². The molecule has 0 saturated carbocycles. The van der Waals surface area contributed by atoms with Crippen LogP contribution in [0.15, 0.2) is 0 Å². The van der Waals surface area contributed by atoms with Crippen molar-refractivity contribution in [1.82, 2.24) is 0 Å². The zero-order valence-electron chi connectivity index (χ0n) is 6.74. The molecule has 64 valence electrons. The predicted molar refractivity (Wildman–Crippen MR) is 39.4 cm³/mol. The molecule has 0 atom stereocenters. The molecule has 8 heteroatoms. The number of hydrogen-bond acceptors (Lipinski definition) is 6. The Morgan fingerprint density at radius 2 is 0.643 bits per heavy atom. The van der Waals surface area contributed by atoms with Gasteiger partial charge in [-0.05, 0) is 0 Å². The van der Waals surface area contributed by atoms with Crippen LogP contribution in [0, 0.1) is 59.6 Å². The molecule has 0 fully saturated rings. The van der Waals surface area contributed by atoms with E-state index < -0.39 is 12.4 Å². The fraction of sp³-hybridized carbons (Fsp3) is 0. The summed E-state index contributed by atoms with van der Waals surface area (Å²) in [6, 6.07) is 0. The van der Waals surface area contributed by atoms with Gasteiger partial charge < -0.3 is 0 Å². The minimum Gasteiger partial charge on any atom is 2.00 e. The Bertz CT molecular complexity index is 392. The van der Waals surface area contributed by atoms with Gasteiger partial charge in [0.2, 0.25) is 0 Å². The molecule has 0 saturated heterocycles. The average molecular weight is 395 g/mol. The molecule has 0 unspecified atom stereocenters. The van der Waals surface area contributed by atoms with Gasteiger partial charge in [-0.1, -0.05) is 0 Å². The van der Waals surface area contributed by atoms with Crippen LogP contribution in [0.25, 0.3) is 0 Å². The van der Waals surface area contributed by atoms with Gasteiger partial charge in [-0.15, -0.1) is 0 Å². The molecule has 0 bridgehead atoms. The monoisotopic (exact) mass is 396 g/mol. The van der Waals surface area contributed by atoms with Crippen LogP contribution < -0.4 is 0 Å². The van der Waals surface area contributed by atoms with Crippen LogP contribution in [0.5, 0.6) is 0 Å². The Kier molecular flexibility index (Phi) is 4.14. The Morgan fingerprint density at radius 3 is 0.643 bits per heavy atom. The van der Waals surface area contributed by atoms with Gasteiger partial charge in [-0.25, -0.2) is 0 Å².